The summed E-state index contributed by atoms with van der Waals surface area (Å²) in [6.07, 6.45) is 1.63. The van der Waals surface area contributed by atoms with Gasteiger partial charge in [0.1, 0.15) is 11.3 Å². The Morgan fingerprint density at radius 2 is 1.82 bits per heavy atom. The van der Waals surface area contributed by atoms with Crippen molar-refractivity contribution >= 4 is 17.4 Å². The zero-order valence-electron chi connectivity index (χ0n) is 15.6. The number of carbonyl (C=O) groups is 2. The average Bonchev–Trinajstić information content (AvgIpc) is 2.70. The summed E-state index contributed by atoms with van der Waals surface area (Å²) >= 11 is 0. The molecular formula is C22H20N2O4. The number of Topliss-reactive ketones (excluding diaryl/α,β-unsaturated/α-hetero) is 1. The molecule has 0 aliphatic rings. The van der Waals surface area contributed by atoms with Gasteiger partial charge in [0.15, 0.2) is 5.78 Å². The first-order valence-corrected chi connectivity index (χ1v) is 8.72. The summed E-state index contributed by atoms with van der Waals surface area (Å²) in [5, 5.41) is 2.68. The van der Waals surface area contributed by atoms with Gasteiger partial charge in [0.25, 0.3) is 11.5 Å². The first-order chi connectivity index (χ1) is 13.5. The number of nitrogens with one attached hydrogen (secondary N) is 1. The molecule has 0 spiro atoms. The Bertz CT molecular complexity index is 1090. The van der Waals surface area contributed by atoms with E-state index in [0.717, 1.165) is 5.56 Å². The van der Waals surface area contributed by atoms with Crippen molar-refractivity contribution < 1.29 is 14.3 Å². The lowest BCUT2D eigenvalue weighted by Crippen LogP contribution is -2.29. The van der Waals surface area contributed by atoms with Gasteiger partial charge < -0.3 is 14.6 Å². The molecule has 2 aromatic carbocycles. The van der Waals surface area contributed by atoms with E-state index in [4.69, 9.17) is 4.74 Å². The highest BCUT2D eigenvalue weighted by Crippen LogP contribution is 2.14. The van der Waals surface area contributed by atoms with Crippen LogP contribution in [-0.4, -0.2) is 23.4 Å². The first-order valence-electron chi connectivity index (χ1n) is 8.72. The monoisotopic (exact) mass is 376 g/mol. The Kier molecular flexibility index (Phi) is 5.69. The molecule has 0 aliphatic carbocycles. The number of pyridine rings is 1. The number of ether oxygens (including phenoxy) is 1. The maximum absolute atomic E-state index is 12.8. The smallest absolute Gasteiger partial charge is 0.263 e. The second-order valence-corrected chi connectivity index (χ2v) is 6.30. The molecule has 0 aliphatic heterocycles. The van der Waals surface area contributed by atoms with Crippen molar-refractivity contribution in [3.05, 3.63) is 93.9 Å². The maximum Gasteiger partial charge on any atom is 0.263 e. The van der Waals surface area contributed by atoms with Gasteiger partial charge in [-0.2, -0.15) is 0 Å². The summed E-state index contributed by atoms with van der Waals surface area (Å²) in [6, 6.07) is 17.1. The molecule has 0 bridgehead atoms. The van der Waals surface area contributed by atoms with E-state index >= 15 is 0 Å². The summed E-state index contributed by atoms with van der Waals surface area (Å²) < 4.78 is 6.67. The molecule has 0 radical (unpaired) electrons. The van der Waals surface area contributed by atoms with Crippen LogP contribution in [-0.2, 0) is 6.54 Å². The summed E-state index contributed by atoms with van der Waals surface area (Å²) in [5.41, 5.74) is 1.46. The van der Waals surface area contributed by atoms with E-state index in [1.807, 2.05) is 24.3 Å². The minimum atomic E-state index is -0.523. The van der Waals surface area contributed by atoms with Crippen LogP contribution in [0.5, 0.6) is 5.75 Å². The van der Waals surface area contributed by atoms with Gasteiger partial charge in [0.05, 0.1) is 13.7 Å². The van der Waals surface area contributed by atoms with E-state index < -0.39 is 11.5 Å². The molecule has 28 heavy (non-hydrogen) atoms. The normalized spacial score (nSPS) is 10.4. The van der Waals surface area contributed by atoms with Crippen LogP contribution in [0.25, 0.3) is 0 Å². The van der Waals surface area contributed by atoms with Gasteiger partial charge in [-0.3, -0.25) is 14.4 Å². The van der Waals surface area contributed by atoms with Crippen molar-refractivity contribution in [1.29, 1.82) is 0 Å². The first kappa shape index (κ1) is 19.1. The number of amides is 1. The van der Waals surface area contributed by atoms with Crippen LogP contribution in [0.1, 0.15) is 33.2 Å². The third kappa shape index (κ3) is 4.35. The summed E-state index contributed by atoms with van der Waals surface area (Å²) in [5.74, 6) is 0.0759. The third-order valence-electron chi connectivity index (χ3n) is 4.28. The molecule has 6 heteroatoms. The summed E-state index contributed by atoms with van der Waals surface area (Å²) in [6.45, 7) is 1.77. The molecular weight excluding hydrogens is 356 g/mol. The number of rotatable bonds is 6. The zero-order chi connectivity index (χ0) is 20.1. The minimum Gasteiger partial charge on any atom is -0.497 e. The van der Waals surface area contributed by atoms with Crippen LogP contribution in [0.3, 0.4) is 0 Å². The molecule has 1 heterocycles. The Balaban J connectivity index is 1.84. The molecule has 1 aromatic heterocycles. The summed E-state index contributed by atoms with van der Waals surface area (Å²) in [7, 11) is 1.58. The largest absolute Gasteiger partial charge is 0.497 e. The van der Waals surface area contributed by atoms with Crippen molar-refractivity contribution in [3.8, 4) is 5.75 Å². The van der Waals surface area contributed by atoms with Crippen molar-refractivity contribution in [2.45, 2.75) is 13.5 Å². The molecule has 0 saturated carbocycles. The Morgan fingerprint density at radius 3 is 2.57 bits per heavy atom. The lowest BCUT2D eigenvalue weighted by Gasteiger charge is -2.10. The number of methoxy groups -OCH3 is 1. The lowest BCUT2D eigenvalue weighted by atomic mass is 10.1. The molecule has 3 aromatic rings. The molecule has 3 rings (SSSR count). The van der Waals surface area contributed by atoms with E-state index in [9.17, 15) is 14.4 Å². The van der Waals surface area contributed by atoms with Crippen LogP contribution in [0.2, 0.25) is 0 Å². The Hall–Kier alpha value is -3.67. The predicted octanol–water partition coefficient (Wildman–Crippen LogP) is 3.36. The molecule has 1 N–H and O–H groups in total. The van der Waals surface area contributed by atoms with Crippen LogP contribution in [0.4, 0.5) is 5.69 Å². The van der Waals surface area contributed by atoms with Gasteiger partial charge in [-0.15, -0.1) is 0 Å². The highest BCUT2D eigenvalue weighted by Gasteiger charge is 2.13. The number of benzene rings is 2. The van der Waals surface area contributed by atoms with Crippen molar-refractivity contribution in [2.75, 3.05) is 12.4 Å². The standard InChI is InChI=1S/C22H20N2O4/c1-15(25)17-7-4-8-18(13-17)23-21(26)20-10-5-11-24(22(20)27)14-16-6-3-9-19(12-16)28-2/h3-13H,14H2,1-2H3,(H,23,26). The lowest BCUT2D eigenvalue weighted by molar-refractivity contribution is 0.101. The van der Waals surface area contributed by atoms with Gasteiger partial charge >= 0.3 is 0 Å². The quantitative estimate of drug-likeness (QED) is 0.669. The molecule has 0 fully saturated rings. The Morgan fingerprint density at radius 1 is 1.04 bits per heavy atom. The van der Waals surface area contributed by atoms with Crippen molar-refractivity contribution in [2.24, 2.45) is 0 Å². The van der Waals surface area contributed by atoms with Crippen LogP contribution in [0, 0.1) is 0 Å². The van der Waals surface area contributed by atoms with Crippen LogP contribution in [0.15, 0.2) is 71.7 Å². The van der Waals surface area contributed by atoms with E-state index in [2.05, 4.69) is 5.32 Å². The van der Waals surface area contributed by atoms with Crippen LogP contribution < -0.4 is 15.6 Å². The van der Waals surface area contributed by atoms with Crippen molar-refractivity contribution in [3.63, 3.8) is 0 Å². The van der Waals surface area contributed by atoms with Gasteiger partial charge in [-0.25, -0.2) is 0 Å². The van der Waals surface area contributed by atoms with Crippen molar-refractivity contribution in [1.82, 2.24) is 4.57 Å². The topological polar surface area (TPSA) is 77.4 Å². The molecule has 142 valence electrons. The Labute approximate surface area is 162 Å². The number of ketones is 1. The highest BCUT2D eigenvalue weighted by molar-refractivity contribution is 6.04. The number of hydrogen-bond donors (Lipinski definition) is 1. The second-order valence-electron chi connectivity index (χ2n) is 6.30. The van der Waals surface area contributed by atoms with E-state index in [0.29, 0.717) is 23.5 Å². The maximum atomic E-state index is 12.8. The summed E-state index contributed by atoms with van der Waals surface area (Å²) in [4.78, 5) is 36.8. The average molecular weight is 376 g/mol. The SMILES string of the molecule is COc1cccc(Cn2cccc(C(=O)Nc3cccc(C(C)=O)c3)c2=O)c1. The molecule has 1 amide bonds. The molecule has 0 unspecified atom stereocenters. The van der Waals surface area contributed by atoms with Gasteiger partial charge in [-0.05, 0) is 48.9 Å². The van der Waals surface area contributed by atoms with Gasteiger partial charge in [-0.1, -0.05) is 24.3 Å². The number of carbonyl (C=O) groups excluding carboxylic acids is 2. The zero-order valence-corrected chi connectivity index (χ0v) is 15.6. The van der Waals surface area contributed by atoms with E-state index in [1.165, 1.54) is 17.6 Å². The third-order valence-corrected chi connectivity index (χ3v) is 4.28. The number of nitrogens with zero attached hydrogens (tertiary/aromatic N) is 1. The van der Waals surface area contributed by atoms with Gasteiger partial charge in [0, 0.05) is 17.4 Å². The fourth-order valence-electron chi connectivity index (χ4n) is 2.82. The fourth-order valence-corrected chi connectivity index (χ4v) is 2.82. The second kappa shape index (κ2) is 8.35. The molecule has 0 saturated heterocycles. The number of anilines is 1. The number of aromatic nitrogens is 1. The minimum absolute atomic E-state index is 0.0265. The fraction of sp³-hybridized carbons (Fsp3) is 0.136. The highest BCUT2D eigenvalue weighted by atomic mass is 16.5. The molecule has 6 nitrogen and oxygen atoms in total. The van der Waals surface area contributed by atoms with Gasteiger partial charge in [0.2, 0.25) is 0 Å². The molecule has 0 atom stereocenters. The number of hydrogen-bond acceptors (Lipinski definition) is 4. The van der Waals surface area contributed by atoms with E-state index in [-0.39, 0.29) is 11.3 Å². The predicted molar refractivity (Wildman–Crippen MR) is 107 cm³/mol. The van der Waals surface area contributed by atoms with Crippen LogP contribution >= 0.6 is 0 Å². The van der Waals surface area contributed by atoms with E-state index in [1.54, 1.807) is 43.6 Å².